The molecule has 0 heterocycles. The Morgan fingerprint density at radius 3 is 1.95 bits per heavy atom. The summed E-state index contributed by atoms with van der Waals surface area (Å²) in [6, 6.07) is 14.0. The minimum absolute atomic E-state index is 0.0585. The van der Waals surface area contributed by atoms with Crippen LogP contribution in [0.3, 0.4) is 0 Å². The van der Waals surface area contributed by atoms with Crippen LogP contribution >= 0.6 is 0 Å². The third-order valence-corrected chi connectivity index (χ3v) is 2.76. The van der Waals surface area contributed by atoms with Gasteiger partial charge in [-0.15, -0.1) is 0 Å². The third kappa shape index (κ3) is 3.98. The van der Waals surface area contributed by atoms with E-state index in [4.69, 9.17) is 9.29 Å². The highest BCUT2D eigenvalue weighted by atomic mass is 32.2. The summed E-state index contributed by atoms with van der Waals surface area (Å²) < 4.78 is 28.3. The van der Waals surface area contributed by atoms with Crippen LogP contribution in [0, 0.1) is 0 Å². The van der Waals surface area contributed by atoms with Crippen molar-refractivity contribution in [2.24, 2.45) is 0 Å². The Hall–Kier alpha value is -2.51. The van der Waals surface area contributed by atoms with Crippen LogP contribution in [0.4, 0.5) is 0 Å². The van der Waals surface area contributed by atoms with E-state index in [0.29, 0.717) is 5.75 Å². The second-order valence-corrected chi connectivity index (χ2v) is 4.44. The van der Waals surface area contributed by atoms with Crippen molar-refractivity contribution in [3.05, 3.63) is 65.7 Å². The normalized spacial score (nSPS) is 11.5. The Morgan fingerprint density at radius 2 is 1.38 bits per heavy atom. The fourth-order valence-corrected chi connectivity index (χ4v) is 1.82. The van der Waals surface area contributed by atoms with Gasteiger partial charge in [0, 0.05) is 0 Å². The molecular formula is C14H10O6S. The van der Waals surface area contributed by atoms with E-state index in [1.54, 1.807) is 30.3 Å². The van der Waals surface area contributed by atoms with E-state index in [0.717, 1.165) is 0 Å². The summed E-state index contributed by atoms with van der Waals surface area (Å²) in [5.41, 5.74) is -0.211. The zero-order valence-corrected chi connectivity index (χ0v) is 11.4. The van der Waals surface area contributed by atoms with Crippen LogP contribution in [0.5, 0.6) is 5.75 Å². The Labute approximate surface area is 122 Å². The highest BCUT2D eigenvalue weighted by Gasteiger charge is 2.20. The molecule has 0 aliphatic heterocycles. The van der Waals surface area contributed by atoms with Crippen molar-refractivity contribution in [2.75, 3.05) is 0 Å². The van der Waals surface area contributed by atoms with E-state index in [2.05, 4.69) is 4.18 Å². The molecule has 0 amide bonds. The van der Waals surface area contributed by atoms with Crippen molar-refractivity contribution in [3.63, 3.8) is 0 Å². The lowest BCUT2D eigenvalue weighted by Crippen LogP contribution is -2.16. The maximum Gasteiger partial charge on any atom is 0.360 e. The van der Waals surface area contributed by atoms with Crippen molar-refractivity contribution in [1.29, 1.82) is 0 Å². The predicted molar refractivity (Wildman–Crippen MR) is 74.0 cm³/mol. The van der Waals surface area contributed by atoms with Crippen LogP contribution in [0.1, 0.15) is 20.7 Å². The van der Waals surface area contributed by atoms with Gasteiger partial charge in [0.05, 0.1) is 11.1 Å². The largest absolute Gasteiger partial charge is 0.423 e. The van der Waals surface area contributed by atoms with Crippen LogP contribution in [-0.4, -0.2) is 20.7 Å². The summed E-state index contributed by atoms with van der Waals surface area (Å²) in [6.45, 7) is 0. The molecule has 0 aromatic heterocycles. The molecule has 0 radical (unpaired) electrons. The molecule has 1 unspecified atom stereocenters. The molecule has 108 valence electrons. The van der Waals surface area contributed by atoms with Gasteiger partial charge < -0.3 is 8.92 Å². The number of carbonyl (C=O) groups excluding carboxylic acids is 2. The minimum Gasteiger partial charge on any atom is -0.423 e. The molecule has 2 aromatic carbocycles. The fraction of sp³-hybridized carbons (Fsp3) is 0. The van der Waals surface area contributed by atoms with Gasteiger partial charge in [-0.3, -0.25) is 4.55 Å². The highest BCUT2D eigenvalue weighted by Crippen LogP contribution is 2.16. The van der Waals surface area contributed by atoms with E-state index in [9.17, 15) is 13.8 Å². The van der Waals surface area contributed by atoms with Gasteiger partial charge >= 0.3 is 23.3 Å². The smallest absolute Gasteiger partial charge is 0.360 e. The maximum atomic E-state index is 12.1. The van der Waals surface area contributed by atoms with Crippen molar-refractivity contribution < 1.29 is 27.3 Å². The van der Waals surface area contributed by atoms with E-state index >= 15 is 0 Å². The van der Waals surface area contributed by atoms with Gasteiger partial charge in [0.1, 0.15) is 5.75 Å². The summed E-state index contributed by atoms with van der Waals surface area (Å²) in [4.78, 5) is 23.7. The molecule has 0 bridgehead atoms. The number of esters is 1. The van der Waals surface area contributed by atoms with Crippen LogP contribution in [0.25, 0.3) is 0 Å². The topological polar surface area (TPSA) is 89.9 Å². The first-order valence-corrected chi connectivity index (χ1v) is 6.81. The van der Waals surface area contributed by atoms with Crippen molar-refractivity contribution in [2.45, 2.75) is 0 Å². The molecule has 0 fully saturated rings. The Balaban J connectivity index is 2.25. The molecule has 0 saturated heterocycles. The number of hydrogen-bond acceptors (Lipinski definition) is 5. The number of hydrogen-bond donors (Lipinski definition) is 1. The van der Waals surface area contributed by atoms with Crippen LogP contribution in [0.2, 0.25) is 0 Å². The lowest BCUT2D eigenvalue weighted by molar-refractivity contribution is 0.0695. The molecule has 0 spiro atoms. The molecule has 0 aliphatic rings. The Morgan fingerprint density at radius 1 is 0.857 bits per heavy atom. The summed E-state index contributed by atoms with van der Waals surface area (Å²) in [5.74, 6) is -1.54. The molecule has 1 atom stereocenters. The Kier molecular flexibility index (Phi) is 4.81. The zero-order chi connectivity index (χ0) is 15.2. The standard InChI is InChI=1S/C14H10O6S/c15-13(19-10-6-2-1-3-7-10)11-8-4-5-9-12(11)14(16)20-21(17)18/h1-9H,(H,17,18). The Bertz CT molecular complexity index is 683. The quantitative estimate of drug-likeness (QED) is 0.529. The summed E-state index contributed by atoms with van der Waals surface area (Å²) in [6.07, 6.45) is 0. The van der Waals surface area contributed by atoms with Gasteiger partial charge in [-0.2, -0.15) is 4.21 Å². The number of carbonyl (C=O) groups is 2. The first-order chi connectivity index (χ1) is 10.1. The molecule has 2 rings (SSSR count). The molecule has 0 saturated carbocycles. The van der Waals surface area contributed by atoms with Gasteiger partial charge in [0.2, 0.25) is 0 Å². The minimum atomic E-state index is -2.76. The average Bonchev–Trinajstić information content (AvgIpc) is 2.47. The number of benzene rings is 2. The van der Waals surface area contributed by atoms with E-state index < -0.39 is 23.3 Å². The van der Waals surface area contributed by atoms with Crippen LogP contribution in [0.15, 0.2) is 54.6 Å². The second kappa shape index (κ2) is 6.78. The lowest BCUT2D eigenvalue weighted by Gasteiger charge is -2.07. The number of para-hydroxylation sites is 1. The molecule has 7 heteroatoms. The van der Waals surface area contributed by atoms with Crippen LogP contribution < -0.4 is 4.74 Å². The van der Waals surface area contributed by atoms with Gasteiger partial charge in [0.25, 0.3) is 0 Å². The van der Waals surface area contributed by atoms with Gasteiger partial charge in [-0.05, 0) is 24.3 Å². The number of rotatable bonds is 4. The highest BCUT2D eigenvalue weighted by molar-refractivity contribution is 7.74. The summed E-state index contributed by atoms with van der Waals surface area (Å²) in [5, 5.41) is 0. The molecule has 0 aliphatic carbocycles. The maximum absolute atomic E-state index is 12.1. The molecule has 1 N–H and O–H groups in total. The van der Waals surface area contributed by atoms with Crippen molar-refractivity contribution in [3.8, 4) is 5.75 Å². The zero-order valence-electron chi connectivity index (χ0n) is 10.6. The number of ether oxygens (including phenoxy) is 1. The van der Waals surface area contributed by atoms with Crippen molar-refractivity contribution in [1.82, 2.24) is 0 Å². The summed E-state index contributed by atoms with van der Waals surface area (Å²) >= 11 is -2.76. The monoisotopic (exact) mass is 306 g/mol. The molecule has 21 heavy (non-hydrogen) atoms. The van der Waals surface area contributed by atoms with Gasteiger partial charge in [0.15, 0.2) is 0 Å². The average molecular weight is 306 g/mol. The predicted octanol–water partition coefficient (Wildman–Crippen LogP) is 2.20. The van der Waals surface area contributed by atoms with Gasteiger partial charge in [-0.1, -0.05) is 30.3 Å². The van der Waals surface area contributed by atoms with Crippen LogP contribution in [-0.2, 0) is 15.5 Å². The lowest BCUT2D eigenvalue weighted by atomic mass is 10.1. The molecule has 2 aromatic rings. The summed E-state index contributed by atoms with van der Waals surface area (Å²) in [7, 11) is 0. The molecular weight excluding hydrogens is 296 g/mol. The molecule has 6 nitrogen and oxygen atoms in total. The van der Waals surface area contributed by atoms with E-state index in [1.807, 2.05) is 0 Å². The van der Waals surface area contributed by atoms with E-state index in [-0.39, 0.29) is 11.1 Å². The SMILES string of the molecule is O=C(Oc1ccccc1)c1ccccc1C(=O)OS(=O)O. The second-order valence-electron chi connectivity index (χ2n) is 3.84. The fourth-order valence-electron chi connectivity index (χ4n) is 1.60. The van der Waals surface area contributed by atoms with E-state index in [1.165, 1.54) is 24.3 Å². The van der Waals surface area contributed by atoms with Crippen molar-refractivity contribution >= 4 is 23.3 Å². The first kappa shape index (κ1) is 14.9. The van der Waals surface area contributed by atoms with Gasteiger partial charge in [-0.25, -0.2) is 9.59 Å². The third-order valence-electron chi connectivity index (χ3n) is 2.47. The first-order valence-electron chi connectivity index (χ1n) is 5.77.